The van der Waals surface area contributed by atoms with E-state index in [-0.39, 0.29) is 41.1 Å². The molecule has 2 aromatic heterocycles. The Morgan fingerprint density at radius 2 is 1.59 bits per heavy atom. The van der Waals surface area contributed by atoms with Gasteiger partial charge in [-0.25, -0.2) is 4.98 Å². The summed E-state index contributed by atoms with van der Waals surface area (Å²) in [6.45, 7) is 12.0. The Morgan fingerprint density at radius 1 is 0.885 bits per heavy atom. The van der Waals surface area contributed by atoms with Crippen molar-refractivity contribution in [3.8, 4) is 0 Å². The molecule has 17 heteroatoms. The maximum atomic E-state index is 13.4. The topological polar surface area (TPSA) is 170 Å². The number of amides is 5. The van der Waals surface area contributed by atoms with E-state index in [2.05, 4.69) is 39.3 Å². The molecule has 4 aliphatic heterocycles. The molecule has 6 heterocycles. The van der Waals surface area contributed by atoms with E-state index in [1.165, 1.54) is 6.07 Å². The summed E-state index contributed by atoms with van der Waals surface area (Å²) in [5.74, 6) is -2.43. The SMILES string of the molecule is CC(C)(O)c1cc2nn(C3CCN(CC(C)(C)C4CCN(c5ccc6c(c5)C(=O)N(C5CCC(=O)NC5=O)C6=O)CC4)CC3)cc2cc1NC(=O)c1cccc(C(F)(F)F)n1. The fourth-order valence-corrected chi connectivity index (χ4v) is 9.42. The van der Waals surface area contributed by atoms with Gasteiger partial charge in [0.1, 0.15) is 17.4 Å². The number of imide groups is 2. The summed E-state index contributed by atoms with van der Waals surface area (Å²) in [7, 11) is 0. The lowest BCUT2D eigenvalue weighted by atomic mass is 9.73. The van der Waals surface area contributed by atoms with Crippen molar-refractivity contribution in [1.82, 2.24) is 29.9 Å². The van der Waals surface area contributed by atoms with Crippen LogP contribution in [0.3, 0.4) is 0 Å². The summed E-state index contributed by atoms with van der Waals surface area (Å²) < 4.78 is 41.8. The predicted octanol–water partition coefficient (Wildman–Crippen LogP) is 5.91. The van der Waals surface area contributed by atoms with E-state index in [1.54, 1.807) is 38.1 Å². The molecule has 3 N–H and O–H groups in total. The molecule has 0 saturated carbocycles. The van der Waals surface area contributed by atoms with Gasteiger partial charge in [0.2, 0.25) is 11.8 Å². The minimum atomic E-state index is -4.71. The van der Waals surface area contributed by atoms with Gasteiger partial charge in [0.25, 0.3) is 17.7 Å². The molecule has 3 saturated heterocycles. The Hall–Kier alpha value is -5.68. The minimum Gasteiger partial charge on any atom is -0.386 e. The number of alkyl halides is 3. The first-order chi connectivity index (χ1) is 28.8. The number of anilines is 2. The third kappa shape index (κ3) is 8.37. The Morgan fingerprint density at radius 3 is 2.26 bits per heavy atom. The molecule has 5 amide bonds. The lowest BCUT2D eigenvalue weighted by Gasteiger charge is -2.45. The number of carbonyl (C=O) groups is 5. The van der Waals surface area contributed by atoms with Crippen molar-refractivity contribution in [2.24, 2.45) is 11.3 Å². The Balaban J connectivity index is 0.869. The summed E-state index contributed by atoms with van der Waals surface area (Å²) in [6, 6.07) is 10.9. The van der Waals surface area contributed by atoms with Crippen molar-refractivity contribution in [1.29, 1.82) is 0 Å². The van der Waals surface area contributed by atoms with Crippen molar-refractivity contribution >= 4 is 51.8 Å². The van der Waals surface area contributed by atoms with E-state index in [0.29, 0.717) is 22.4 Å². The number of aliphatic hydroxyl groups is 1. The highest BCUT2D eigenvalue weighted by molar-refractivity contribution is 6.23. The number of hydrogen-bond donors (Lipinski definition) is 3. The maximum Gasteiger partial charge on any atom is 0.433 e. The van der Waals surface area contributed by atoms with Crippen molar-refractivity contribution in [2.75, 3.05) is 42.9 Å². The lowest BCUT2D eigenvalue weighted by Crippen LogP contribution is -2.54. The summed E-state index contributed by atoms with van der Waals surface area (Å²) in [4.78, 5) is 73.1. The number of carbonyl (C=O) groups excluding carboxylic acids is 5. The number of benzene rings is 2. The third-order valence-corrected chi connectivity index (χ3v) is 12.8. The van der Waals surface area contributed by atoms with Gasteiger partial charge in [0.05, 0.1) is 28.3 Å². The van der Waals surface area contributed by atoms with Crippen LogP contribution in [0.15, 0.2) is 54.7 Å². The number of fused-ring (bicyclic) bond motifs is 2. The number of piperidine rings is 3. The van der Waals surface area contributed by atoms with E-state index in [9.17, 15) is 42.3 Å². The highest BCUT2D eigenvalue weighted by atomic mass is 19.4. The zero-order chi connectivity index (χ0) is 43.6. The number of hydrogen-bond acceptors (Lipinski definition) is 10. The molecule has 0 radical (unpaired) electrons. The zero-order valence-electron chi connectivity index (χ0n) is 34.5. The van der Waals surface area contributed by atoms with Crippen LogP contribution in [-0.4, -0.2) is 98.0 Å². The van der Waals surface area contributed by atoms with Crippen molar-refractivity contribution < 1.29 is 42.3 Å². The van der Waals surface area contributed by atoms with Crippen LogP contribution in [0, 0.1) is 11.3 Å². The number of halogens is 3. The van der Waals surface area contributed by atoms with E-state index in [4.69, 9.17) is 5.10 Å². The molecule has 322 valence electrons. The monoisotopic (exact) mass is 842 g/mol. The maximum absolute atomic E-state index is 13.4. The first-order valence-electron chi connectivity index (χ1n) is 20.7. The molecule has 0 bridgehead atoms. The standard InChI is InChI=1S/C44H49F3N8O6/c1-42(2,26-12-18-53(19-13-26)28-8-9-29-30(21-28)41(60)55(40(29)59)35-10-11-37(56)50-39(35)58)24-52-16-14-27(15-17-52)54-23-25-20-34(31(43(3,4)61)22-33(25)51-54)49-38(57)32-6-5-7-36(48-32)44(45,46)47/h5-9,20-23,26-27,35,61H,10-19,24H2,1-4H3,(H,49,57)(H,50,56,58). The number of nitrogens with one attached hydrogen (secondary N) is 2. The fourth-order valence-electron chi connectivity index (χ4n) is 9.42. The molecular formula is C44H49F3N8O6. The average Bonchev–Trinajstić information content (AvgIpc) is 3.74. The largest absolute Gasteiger partial charge is 0.433 e. The van der Waals surface area contributed by atoms with Crippen molar-refractivity contribution in [2.45, 2.75) is 90.1 Å². The third-order valence-electron chi connectivity index (χ3n) is 12.8. The van der Waals surface area contributed by atoms with Crippen LogP contribution < -0.4 is 15.5 Å². The number of pyridine rings is 1. The molecule has 4 aromatic rings. The fraction of sp³-hybridized carbons (Fsp3) is 0.477. The molecule has 4 aliphatic rings. The Labute approximate surface area is 350 Å². The average molecular weight is 843 g/mol. The lowest BCUT2D eigenvalue weighted by molar-refractivity contribution is -0.141. The van der Waals surface area contributed by atoms with Crippen LogP contribution in [0.2, 0.25) is 0 Å². The second-order valence-electron chi connectivity index (χ2n) is 17.9. The highest BCUT2D eigenvalue weighted by Gasteiger charge is 2.45. The molecule has 2 aromatic carbocycles. The van der Waals surface area contributed by atoms with Crippen molar-refractivity contribution in [3.63, 3.8) is 0 Å². The highest BCUT2D eigenvalue weighted by Crippen LogP contribution is 2.40. The zero-order valence-corrected chi connectivity index (χ0v) is 34.5. The number of likely N-dealkylation sites (tertiary alicyclic amines) is 1. The molecule has 1 unspecified atom stereocenters. The van der Waals surface area contributed by atoms with Crippen molar-refractivity contribution in [3.05, 3.63) is 82.8 Å². The van der Waals surface area contributed by atoms with Gasteiger partial charge in [-0.3, -0.25) is 38.9 Å². The number of aromatic nitrogens is 3. The molecule has 14 nitrogen and oxygen atoms in total. The second kappa shape index (κ2) is 15.7. The summed E-state index contributed by atoms with van der Waals surface area (Å²) in [5.41, 5.74) is -0.291. The molecule has 1 atom stereocenters. The van der Waals surface area contributed by atoms with Crippen LogP contribution in [0.1, 0.15) is 115 Å². The van der Waals surface area contributed by atoms with Crippen LogP contribution >= 0.6 is 0 Å². The van der Waals surface area contributed by atoms with E-state index in [0.717, 1.165) is 81.1 Å². The van der Waals surface area contributed by atoms with Crippen LogP contribution in [0.25, 0.3) is 10.9 Å². The molecule has 61 heavy (non-hydrogen) atoms. The van der Waals surface area contributed by atoms with E-state index < -0.39 is 58.7 Å². The minimum absolute atomic E-state index is 0.0278. The number of rotatable bonds is 9. The van der Waals surface area contributed by atoms with Crippen LogP contribution in [0.5, 0.6) is 0 Å². The second-order valence-corrected chi connectivity index (χ2v) is 17.9. The van der Waals surface area contributed by atoms with Gasteiger partial charge >= 0.3 is 6.18 Å². The molecular weight excluding hydrogens is 794 g/mol. The smallest absolute Gasteiger partial charge is 0.386 e. The van der Waals surface area contributed by atoms with Gasteiger partial charge in [0, 0.05) is 67.7 Å². The van der Waals surface area contributed by atoms with Crippen LogP contribution in [0.4, 0.5) is 24.5 Å². The van der Waals surface area contributed by atoms with Crippen LogP contribution in [-0.2, 0) is 21.4 Å². The van der Waals surface area contributed by atoms with Gasteiger partial charge in [0.15, 0.2) is 0 Å². The van der Waals surface area contributed by atoms with Gasteiger partial charge in [-0.1, -0.05) is 19.9 Å². The van der Waals surface area contributed by atoms with Gasteiger partial charge in [-0.05, 0) is 99.7 Å². The number of nitrogens with zero attached hydrogens (tertiary/aromatic N) is 6. The van der Waals surface area contributed by atoms with E-state index >= 15 is 0 Å². The summed E-state index contributed by atoms with van der Waals surface area (Å²) in [6.07, 6.45) is 1.04. The molecule has 0 aliphatic carbocycles. The Bertz CT molecular complexity index is 2430. The summed E-state index contributed by atoms with van der Waals surface area (Å²) in [5, 5.41) is 21.5. The molecule has 8 rings (SSSR count). The molecule has 0 spiro atoms. The van der Waals surface area contributed by atoms with E-state index in [1.807, 2.05) is 16.9 Å². The first-order valence-corrected chi connectivity index (χ1v) is 20.7. The molecule has 3 fully saturated rings. The Kier molecular flexibility index (Phi) is 10.8. The van der Waals surface area contributed by atoms with Gasteiger partial charge < -0.3 is 20.2 Å². The van der Waals surface area contributed by atoms with Gasteiger partial charge in [-0.2, -0.15) is 18.3 Å². The normalized spacial score (nSPS) is 20.1. The van der Waals surface area contributed by atoms with Gasteiger partial charge in [-0.15, -0.1) is 0 Å². The quantitative estimate of drug-likeness (QED) is 0.172. The first kappa shape index (κ1) is 42.0. The predicted molar refractivity (Wildman–Crippen MR) is 219 cm³/mol. The summed E-state index contributed by atoms with van der Waals surface area (Å²) >= 11 is 0.